The van der Waals surface area contributed by atoms with Crippen molar-refractivity contribution in [3.05, 3.63) is 58.6 Å². The zero-order valence-corrected chi connectivity index (χ0v) is 12.5. The Hall–Kier alpha value is -2.53. The molecule has 0 aliphatic rings. The number of aryl methyl sites for hydroxylation is 1. The highest BCUT2D eigenvalue weighted by Gasteiger charge is 2.06. The third-order valence-corrected chi connectivity index (χ3v) is 3.30. The fourth-order valence-corrected chi connectivity index (χ4v) is 1.91. The molecule has 0 aromatic heterocycles. The van der Waals surface area contributed by atoms with Gasteiger partial charge in [0.2, 0.25) is 0 Å². The smallest absolute Gasteiger partial charge is 0.262 e. The van der Waals surface area contributed by atoms with Gasteiger partial charge in [-0.3, -0.25) is 4.79 Å². The van der Waals surface area contributed by atoms with Crippen molar-refractivity contribution < 1.29 is 19.4 Å². The molecule has 1 N–H and O–H groups in total. The highest BCUT2D eigenvalue weighted by molar-refractivity contribution is 6.31. The first-order valence-corrected chi connectivity index (χ1v) is 6.84. The lowest BCUT2D eigenvalue weighted by Crippen LogP contribution is -2.22. The Labute approximate surface area is 132 Å². The molecule has 1 amide bonds. The quantitative estimate of drug-likeness (QED) is 0.915. The number of carboxylic acid groups (broad SMARTS) is 1. The van der Waals surface area contributed by atoms with Crippen molar-refractivity contribution in [1.82, 2.24) is 0 Å². The van der Waals surface area contributed by atoms with E-state index in [1.165, 1.54) is 18.2 Å². The Balaban J connectivity index is 1.94. The summed E-state index contributed by atoms with van der Waals surface area (Å²) in [7, 11) is 0. The van der Waals surface area contributed by atoms with Crippen LogP contribution in [0.3, 0.4) is 0 Å². The van der Waals surface area contributed by atoms with Gasteiger partial charge in [0.1, 0.15) is 5.75 Å². The molecule has 0 fully saturated rings. The van der Waals surface area contributed by atoms with Gasteiger partial charge in [-0.15, -0.1) is 0 Å². The van der Waals surface area contributed by atoms with Gasteiger partial charge in [0.15, 0.2) is 6.61 Å². The first-order chi connectivity index (χ1) is 10.5. The predicted octanol–water partition coefficient (Wildman–Crippen LogP) is 2.03. The molecule has 0 radical (unpaired) electrons. The van der Waals surface area contributed by atoms with Crippen LogP contribution in [-0.2, 0) is 4.79 Å². The lowest BCUT2D eigenvalue weighted by molar-refractivity contribution is -0.255. The average Bonchev–Trinajstić information content (AvgIpc) is 2.49. The molecular formula is C16H13ClNO4-. The molecule has 0 aliphatic carbocycles. The normalized spacial score (nSPS) is 10.1. The fourth-order valence-electron chi connectivity index (χ4n) is 1.73. The third kappa shape index (κ3) is 4.23. The van der Waals surface area contributed by atoms with Gasteiger partial charge in [-0.25, -0.2) is 0 Å². The Morgan fingerprint density at radius 1 is 1.23 bits per heavy atom. The van der Waals surface area contributed by atoms with Gasteiger partial charge in [0, 0.05) is 16.3 Å². The number of aromatic carboxylic acids is 1. The molecule has 6 heteroatoms. The summed E-state index contributed by atoms with van der Waals surface area (Å²) in [5, 5.41) is 13.9. The third-order valence-electron chi connectivity index (χ3n) is 2.90. The topological polar surface area (TPSA) is 78.5 Å². The summed E-state index contributed by atoms with van der Waals surface area (Å²) in [5.74, 6) is -1.40. The van der Waals surface area contributed by atoms with Crippen LogP contribution in [0.1, 0.15) is 15.9 Å². The van der Waals surface area contributed by atoms with Crippen molar-refractivity contribution in [3.63, 3.8) is 0 Å². The van der Waals surface area contributed by atoms with Crippen molar-refractivity contribution in [2.24, 2.45) is 0 Å². The van der Waals surface area contributed by atoms with Crippen LogP contribution in [-0.4, -0.2) is 18.5 Å². The van der Waals surface area contributed by atoms with Crippen molar-refractivity contribution >= 4 is 29.2 Å². The number of nitrogens with one attached hydrogen (secondary N) is 1. The van der Waals surface area contributed by atoms with Crippen LogP contribution in [0.5, 0.6) is 5.75 Å². The first kappa shape index (κ1) is 15.9. The molecule has 0 atom stereocenters. The Morgan fingerprint density at radius 3 is 2.68 bits per heavy atom. The van der Waals surface area contributed by atoms with Gasteiger partial charge in [-0.1, -0.05) is 29.8 Å². The number of hydrogen-bond acceptors (Lipinski definition) is 4. The molecule has 0 unspecified atom stereocenters. The zero-order chi connectivity index (χ0) is 16.1. The lowest BCUT2D eigenvalue weighted by Gasteiger charge is -2.10. The number of carboxylic acids is 1. The predicted molar refractivity (Wildman–Crippen MR) is 81.1 cm³/mol. The van der Waals surface area contributed by atoms with Gasteiger partial charge in [0.25, 0.3) is 5.91 Å². The van der Waals surface area contributed by atoms with E-state index in [2.05, 4.69) is 5.32 Å². The second kappa shape index (κ2) is 6.95. The number of halogens is 1. The second-order valence-corrected chi connectivity index (χ2v) is 5.02. The molecule has 0 saturated carbocycles. The molecule has 2 aromatic carbocycles. The fraction of sp³-hybridized carbons (Fsp3) is 0.125. The number of amides is 1. The van der Waals surface area contributed by atoms with E-state index in [0.29, 0.717) is 10.7 Å². The molecule has 0 bridgehead atoms. The van der Waals surface area contributed by atoms with Crippen LogP contribution in [0, 0.1) is 6.92 Å². The highest BCUT2D eigenvalue weighted by atomic mass is 35.5. The van der Waals surface area contributed by atoms with Gasteiger partial charge < -0.3 is 20.0 Å². The van der Waals surface area contributed by atoms with Crippen LogP contribution in [0.15, 0.2) is 42.5 Å². The van der Waals surface area contributed by atoms with Crippen molar-refractivity contribution in [1.29, 1.82) is 0 Å². The molecule has 0 aliphatic heterocycles. The minimum Gasteiger partial charge on any atom is -0.545 e. The number of hydrogen-bond donors (Lipinski definition) is 1. The van der Waals surface area contributed by atoms with Crippen molar-refractivity contribution in [2.75, 3.05) is 11.9 Å². The summed E-state index contributed by atoms with van der Waals surface area (Å²) in [6.45, 7) is 1.61. The first-order valence-electron chi connectivity index (χ1n) is 6.46. The minimum absolute atomic E-state index is 0.0109. The Bertz CT molecular complexity index is 715. The molecule has 114 valence electrons. The summed E-state index contributed by atoms with van der Waals surface area (Å²) in [6.07, 6.45) is 0. The number of anilines is 1. The van der Waals surface area contributed by atoms with Gasteiger partial charge >= 0.3 is 0 Å². The van der Waals surface area contributed by atoms with E-state index in [0.717, 1.165) is 5.56 Å². The van der Waals surface area contributed by atoms with E-state index in [4.69, 9.17) is 16.3 Å². The molecule has 5 nitrogen and oxygen atoms in total. The molecule has 0 spiro atoms. The summed E-state index contributed by atoms with van der Waals surface area (Å²) in [4.78, 5) is 22.5. The van der Waals surface area contributed by atoms with Crippen molar-refractivity contribution in [2.45, 2.75) is 6.92 Å². The van der Waals surface area contributed by atoms with Gasteiger partial charge in [0.05, 0.1) is 5.97 Å². The van der Waals surface area contributed by atoms with Crippen LogP contribution < -0.4 is 15.2 Å². The maximum absolute atomic E-state index is 11.8. The lowest BCUT2D eigenvalue weighted by atomic mass is 10.2. The molecule has 2 aromatic rings. The number of benzene rings is 2. The maximum atomic E-state index is 11.8. The van der Waals surface area contributed by atoms with Gasteiger partial charge in [-0.2, -0.15) is 0 Å². The SMILES string of the molecule is Cc1ccc(NC(=O)COc2cccc(C(=O)[O-])c2)cc1Cl. The number of ether oxygens (including phenoxy) is 1. The van der Waals surface area contributed by atoms with E-state index in [1.54, 1.807) is 24.3 Å². The highest BCUT2D eigenvalue weighted by Crippen LogP contribution is 2.20. The number of carbonyl (C=O) groups excluding carboxylic acids is 2. The van der Waals surface area contributed by atoms with E-state index in [1.807, 2.05) is 6.92 Å². The Kier molecular flexibility index (Phi) is 5.01. The minimum atomic E-state index is -1.30. The average molecular weight is 319 g/mol. The van der Waals surface area contributed by atoms with Crippen LogP contribution >= 0.6 is 11.6 Å². The molecule has 0 heterocycles. The molecule has 0 saturated heterocycles. The van der Waals surface area contributed by atoms with Crippen LogP contribution in [0.2, 0.25) is 5.02 Å². The number of rotatable bonds is 5. The largest absolute Gasteiger partial charge is 0.545 e. The summed E-state index contributed by atoms with van der Waals surface area (Å²) >= 11 is 5.97. The summed E-state index contributed by atoms with van der Waals surface area (Å²) < 4.78 is 5.25. The van der Waals surface area contributed by atoms with Gasteiger partial charge in [-0.05, 0) is 36.8 Å². The van der Waals surface area contributed by atoms with E-state index < -0.39 is 5.97 Å². The summed E-state index contributed by atoms with van der Waals surface area (Å²) in [5.41, 5.74) is 1.46. The van der Waals surface area contributed by atoms with E-state index in [-0.39, 0.29) is 23.8 Å². The van der Waals surface area contributed by atoms with Crippen LogP contribution in [0.4, 0.5) is 5.69 Å². The molecular weight excluding hydrogens is 306 g/mol. The second-order valence-electron chi connectivity index (χ2n) is 4.62. The van der Waals surface area contributed by atoms with E-state index >= 15 is 0 Å². The Morgan fingerprint density at radius 2 is 2.00 bits per heavy atom. The standard InChI is InChI=1S/C16H14ClNO4/c1-10-5-6-12(8-14(10)17)18-15(19)9-22-13-4-2-3-11(7-13)16(20)21/h2-8H,9H2,1H3,(H,18,19)(H,20,21)/p-1. The molecule has 22 heavy (non-hydrogen) atoms. The van der Waals surface area contributed by atoms with E-state index in [9.17, 15) is 14.7 Å². The summed E-state index contributed by atoms with van der Waals surface area (Å²) in [6, 6.07) is 10.9. The zero-order valence-electron chi connectivity index (χ0n) is 11.8. The monoisotopic (exact) mass is 318 g/mol. The maximum Gasteiger partial charge on any atom is 0.262 e. The number of carbonyl (C=O) groups is 2. The van der Waals surface area contributed by atoms with Crippen LogP contribution in [0.25, 0.3) is 0 Å². The molecule has 2 rings (SSSR count). The van der Waals surface area contributed by atoms with Crippen molar-refractivity contribution in [3.8, 4) is 5.75 Å².